The molecule has 2 aromatic rings. The number of nitrogens with one attached hydrogen (secondary N) is 2. The molecule has 0 saturated heterocycles. The minimum atomic E-state index is -0.0703. The van der Waals surface area contributed by atoms with Crippen molar-refractivity contribution in [2.45, 2.75) is 70.9 Å². The number of hydrogen-bond donors (Lipinski definition) is 2. The number of nitrogens with zero attached hydrogens (tertiary/aromatic N) is 1. The predicted molar refractivity (Wildman–Crippen MR) is 119 cm³/mol. The number of carbonyl (C=O) groups is 2. The van der Waals surface area contributed by atoms with Crippen molar-refractivity contribution in [3.05, 3.63) is 42.5 Å². The Balaban J connectivity index is 1.55. The van der Waals surface area contributed by atoms with Gasteiger partial charge in [0, 0.05) is 30.7 Å². The van der Waals surface area contributed by atoms with E-state index in [2.05, 4.69) is 23.6 Å². The standard InChI is InChI=1S/C24H33N3O2/c1-3-18(2)27(24(29)26-21-11-5-4-6-12-21)16-15-23(28)25-22-14-13-19-9-7-8-10-20(19)17-22/h7-10,13-14,17-18,21H,3-6,11-12,15-16H2,1-2H3,(H,25,28)(H,26,29). The molecule has 2 aromatic carbocycles. The van der Waals surface area contributed by atoms with Crippen molar-refractivity contribution < 1.29 is 9.59 Å². The van der Waals surface area contributed by atoms with Crippen LogP contribution >= 0.6 is 0 Å². The summed E-state index contributed by atoms with van der Waals surface area (Å²) in [7, 11) is 0. The third-order valence-electron chi connectivity index (χ3n) is 5.93. The SMILES string of the molecule is CCC(C)N(CCC(=O)Nc1ccc2ccccc2c1)C(=O)NC1CCCCC1. The zero-order valence-corrected chi connectivity index (χ0v) is 17.6. The Morgan fingerprint density at radius 1 is 1.07 bits per heavy atom. The monoisotopic (exact) mass is 395 g/mol. The Kier molecular flexibility index (Phi) is 7.50. The molecule has 3 amide bonds. The molecule has 0 radical (unpaired) electrons. The molecule has 5 nitrogen and oxygen atoms in total. The predicted octanol–water partition coefficient (Wildman–Crippen LogP) is 5.31. The summed E-state index contributed by atoms with van der Waals surface area (Å²) >= 11 is 0. The lowest BCUT2D eigenvalue weighted by atomic mass is 9.96. The van der Waals surface area contributed by atoms with Crippen LogP contribution in [0.4, 0.5) is 10.5 Å². The summed E-state index contributed by atoms with van der Waals surface area (Å²) < 4.78 is 0. The molecule has 0 heterocycles. The van der Waals surface area contributed by atoms with Gasteiger partial charge in [-0.2, -0.15) is 0 Å². The van der Waals surface area contributed by atoms with E-state index >= 15 is 0 Å². The van der Waals surface area contributed by atoms with Gasteiger partial charge in [0.15, 0.2) is 0 Å². The number of anilines is 1. The van der Waals surface area contributed by atoms with Crippen molar-refractivity contribution in [2.75, 3.05) is 11.9 Å². The second kappa shape index (κ2) is 10.3. The summed E-state index contributed by atoms with van der Waals surface area (Å²) in [5.74, 6) is -0.0703. The van der Waals surface area contributed by atoms with E-state index in [1.165, 1.54) is 19.3 Å². The minimum absolute atomic E-state index is 0.0373. The van der Waals surface area contributed by atoms with Crippen LogP contribution < -0.4 is 10.6 Å². The van der Waals surface area contributed by atoms with Crippen molar-refractivity contribution >= 4 is 28.4 Å². The van der Waals surface area contributed by atoms with Crippen molar-refractivity contribution in [3.63, 3.8) is 0 Å². The molecule has 0 spiro atoms. The number of rotatable bonds is 7. The fourth-order valence-corrected chi connectivity index (χ4v) is 3.96. The number of fused-ring (bicyclic) bond motifs is 1. The van der Waals surface area contributed by atoms with Crippen LogP contribution in [0.5, 0.6) is 0 Å². The molecule has 5 heteroatoms. The Labute approximate surface area is 173 Å². The van der Waals surface area contributed by atoms with E-state index in [1.54, 1.807) is 0 Å². The van der Waals surface area contributed by atoms with E-state index in [9.17, 15) is 9.59 Å². The quantitative estimate of drug-likeness (QED) is 0.667. The fraction of sp³-hybridized carbons (Fsp3) is 0.500. The van der Waals surface area contributed by atoms with E-state index in [0.29, 0.717) is 6.54 Å². The molecule has 1 aliphatic carbocycles. The van der Waals surface area contributed by atoms with E-state index in [4.69, 9.17) is 0 Å². The summed E-state index contributed by atoms with van der Waals surface area (Å²) in [6.07, 6.45) is 6.89. The van der Waals surface area contributed by atoms with Gasteiger partial charge in [-0.3, -0.25) is 4.79 Å². The van der Waals surface area contributed by atoms with Crippen LogP contribution in [0.3, 0.4) is 0 Å². The number of hydrogen-bond acceptors (Lipinski definition) is 2. The third kappa shape index (κ3) is 5.96. The van der Waals surface area contributed by atoms with Crippen LogP contribution in [0.2, 0.25) is 0 Å². The molecular weight excluding hydrogens is 362 g/mol. The highest BCUT2D eigenvalue weighted by Crippen LogP contribution is 2.20. The first-order chi connectivity index (χ1) is 14.1. The minimum Gasteiger partial charge on any atom is -0.335 e. The van der Waals surface area contributed by atoms with Crippen LogP contribution in [0, 0.1) is 0 Å². The zero-order chi connectivity index (χ0) is 20.6. The number of amides is 3. The van der Waals surface area contributed by atoms with Gasteiger partial charge in [-0.05, 0) is 49.1 Å². The van der Waals surface area contributed by atoms with Gasteiger partial charge in [-0.15, -0.1) is 0 Å². The van der Waals surface area contributed by atoms with Gasteiger partial charge in [0.2, 0.25) is 5.91 Å². The first-order valence-corrected chi connectivity index (χ1v) is 10.9. The molecule has 1 saturated carbocycles. The molecule has 2 N–H and O–H groups in total. The largest absolute Gasteiger partial charge is 0.335 e. The Morgan fingerprint density at radius 3 is 2.52 bits per heavy atom. The topological polar surface area (TPSA) is 61.4 Å². The van der Waals surface area contributed by atoms with Crippen LogP contribution in [-0.4, -0.2) is 35.5 Å². The lowest BCUT2D eigenvalue weighted by molar-refractivity contribution is -0.116. The second-order valence-corrected chi connectivity index (χ2v) is 8.10. The lowest BCUT2D eigenvalue weighted by Crippen LogP contribution is -2.49. The normalized spacial score (nSPS) is 15.7. The van der Waals surface area contributed by atoms with E-state index in [1.807, 2.05) is 48.2 Å². The molecule has 3 rings (SSSR count). The van der Waals surface area contributed by atoms with Crippen molar-refractivity contribution in [1.29, 1.82) is 0 Å². The zero-order valence-electron chi connectivity index (χ0n) is 17.6. The first-order valence-electron chi connectivity index (χ1n) is 10.9. The second-order valence-electron chi connectivity index (χ2n) is 8.10. The average Bonchev–Trinajstić information content (AvgIpc) is 2.74. The number of urea groups is 1. The molecule has 1 unspecified atom stereocenters. The summed E-state index contributed by atoms with van der Waals surface area (Å²) in [6, 6.07) is 14.3. The number of benzene rings is 2. The smallest absolute Gasteiger partial charge is 0.317 e. The highest BCUT2D eigenvalue weighted by Gasteiger charge is 2.23. The summed E-state index contributed by atoms with van der Waals surface area (Å²) in [4.78, 5) is 27.1. The van der Waals surface area contributed by atoms with Gasteiger partial charge in [0.25, 0.3) is 0 Å². The highest BCUT2D eigenvalue weighted by molar-refractivity contribution is 5.94. The molecular formula is C24H33N3O2. The maximum absolute atomic E-state index is 12.8. The van der Waals surface area contributed by atoms with Crippen molar-refractivity contribution in [1.82, 2.24) is 10.2 Å². The van der Waals surface area contributed by atoms with Crippen LogP contribution in [0.15, 0.2) is 42.5 Å². The van der Waals surface area contributed by atoms with Gasteiger partial charge in [-0.1, -0.05) is 56.5 Å². The molecule has 1 aliphatic rings. The maximum atomic E-state index is 12.8. The Bertz CT molecular complexity index is 830. The van der Waals surface area contributed by atoms with Crippen LogP contribution in [-0.2, 0) is 4.79 Å². The number of carbonyl (C=O) groups excluding carboxylic acids is 2. The van der Waals surface area contributed by atoms with Gasteiger partial charge in [-0.25, -0.2) is 4.79 Å². The van der Waals surface area contributed by atoms with Gasteiger partial charge in [0.1, 0.15) is 0 Å². The highest BCUT2D eigenvalue weighted by atomic mass is 16.2. The van der Waals surface area contributed by atoms with Crippen molar-refractivity contribution in [2.24, 2.45) is 0 Å². The van der Waals surface area contributed by atoms with Gasteiger partial charge < -0.3 is 15.5 Å². The third-order valence-corrected chi connectivity index (χ3v) is 5.93. The Hall–Kier alpha value is -2.56. The van der Waals surface area contributed by atoms with E-state index in [0.717, 1.165) is 35.7 Å². The summed E-state index contributed by atoms with van der Waals surface area (Å²) in [5.41, 5.74) is 0.787. The molecule has 0 aromatic heterocycles. The Morgan fingerprint density at radius 2 is 1.79 bits per heavy atom. The van der Waals surface area contributed by atoms with Crippen LogP contribution in [0.1, 0.15) is 58.8 Å². The molecule has 29 heavy (non-hydrogen) atoms. The molecule has 1 fully saturated rings. The fourth-order valence-electron chi connectivity index (χ4n) is 3.96. The molecule has 0 aliphatic heterocycles. The average molecular weight is 396 g/mol. The summed E-state index contributed by atoms with van der Waals surface area (Å²) in [5, 5.41) is 8.39. The first kappa shape index (κ1) is 21.2. The summed E-state index contributed by atoms with van der Waals surface area (Å²) in [6.45, 7) is 4.54. The maximum Gasteiger partial charge on any atom is 0.317 e. The lowest BCUT2D eigenvalue weighted by Gasteiger charge is -2.32. The van der Waals surface area contributed by atoms with Gasteiger partial charge in [0.05, 0.1) is 0 Å². The molecule has 156 valence electrons. The molecule has 0 bridgehead atoms. The van der Waals surface area contributed by atoms with Crippen molar-refractivity contribution in [3.8, 4) is 0 Å². The molecule has 1 atom stereocenters. The van der Waals surface area contributed by atoms with Gasteiger partial charge >= 0.3 is 6.03 Å². The van der Waals surface area contributed by atoms with E-state index < -0.39 is 0 Å². The van der Waals surface area contributed by atoms with Crippen LogP contribution in [0.25, 0.3) is 10.8 Å². The van der Waals surface area contributed by atoms with E-state index in [-0.39, 0.29) is 30.4 Å².